The van der Waals surface area contributed by atoms with Crippen molar-refractivity contribution in [3.63, 3.8) is 0 Å². The van der Waals surface area contributed by atoms with Crippen LogP contribution in [-0.4, -0.2) is 30.5 Å². The molecule has 0 saturated carbocycles. The molecule has 8 heteroatoms. The summed E-state index contributed by atoms with van der Waals surface area (Å²) in [6, 6.07) is 31.4. The molecule has 206 valence electrons. The highest BCUT2D eigenvalue weighted by Gasteiger charge is 2.60. The topological polar surface area (TPSA) is 85.4 Å². The average molecular weight is 549 g/mol. The van der Waals surface area contributed by atoms with Crippen molar-refractivity contribution in [2.24, 2.45) is 5.92 Å². The van der Waals surface area contributed by atoms with Gasteiger partial charge in [0.2, 0.25) is 5.91 Å². The van der Waals surface area contributed by atoms with Gasteiger partial charge < -0.3 is 9.47 Å². The molecule has 0 radical (unpaired) electrons. The van der Waals surface area contributed by atoms with Crippen molar-refractivity contribution in [1.82, 2.24) is 0 Å². The number of imide groups is 1. The van der Waals surface area contributed by atoms with E-state index >= 15 is 0 Å². The highest BCUT2D eigenvalue weighted by molar-refractivity contribution is 6.24. The maximum atomic E-state index is 13.9. The first-order valence-electron chi connectivity index (χ1n) is 13.5. The molecule has 0 aliphatic carbocycles. The maximum absolute atomic E-state index is 13.9. The van der Waals surface area contributed by atoms with E-state index in [-0.39, 0.29) is 5.91 Å². The van der Waals surface area contributed by atoms with Gasteiger partial charge in [-0.25, -0.2) is 14.8 Å². The number of ether oxygens (including phenoxy) is 2. The molecule has 2 aliphatic rings. The number of carbonyl (C=O) groups is 3. The van der Waals surface area contributed by atoms with Gasteiger partial charge in [-0.05, 0) is 72.6 Å². The lowest BCUT2D eigenvalue weighted by Gasteiger charge is -2.28. The van der Waals surface area contributed by atoms with E-state index in [1.807, 2.05) is 43.3 Å². The molecule has 0 N–H and O–H groups in total. The second-order valence-corrected chi connectivity index (χ2v) is 9.84. The molecule has 3 atom stereocenters. The van der Waals surface area contributed by atoms with Crippen LogP contribution in [0.4, 0.5) is 11.4 Å². The van der Waals surface area contributed by atoms with Crippen LogP contribution in [0.3, 0.4) is 0 Å². The Bertz CT molecular complexity index is 1540. The zero-order valence-corrected chi connectivity index (χ0v) is 22.4. The van der Waals surface area contributed by atoms with Gasteiger partial charge >= 0.3 is 5.97 Å². The van der Waals surface area contributed by atoms with Crippen molar-refractivity contribution < 1.29 is 28.7 Å². The number of benzene rings is 4. The normalized spacial score (nSPS) is 19.8. The third kappa shape index (κ3) is 5.05. The Morgan fingerprint density at radius 3 is 2.05 bits per heavy atom. The van der Waals surface area contributed by atoms with E-state index in [2.05, 4.69) is 0 Å². The van der Waals surface area contributed by atoms with Crippen molar-refractivity contribution >= 4 is 29.2 Å². The van der Waals surface area contributed by atoms with Crippen molar-refractivity contribution in [3.8, 4) is 11.5 Å². The van der Waals surface area contributed by atoms with Crippen LogP contribution >= 0.6 is 0 Å². The predicted molar refractivity (Wildman–Crippen MR) is 153 cm³/mol. The first-order chi connectivity index (χ1) is 20.0. The van der Waals surface area contributed by atoms with E-state index < -0.39 is 29.9 Å². The largest absolute Gasteiger partial charge is 0.494 e. The second kappa shape index (κ2) is 11.3. The highest BCUT2D eigenvalue weighted by Crippen LogP contribution is 2.47. The number of carbonyl (C=O) groups excluding carboxylic acids is 3. The second-order valence-electron chi connectivity index (χ2n) is 9.84. The van der Waals surface area contributed by atoms with Crippen molar-refractivity contribution in [1.29, 1.82) is 0 Å². The summed E-state index contributed by atoms with van der Waals surface area (Å²) >= 11 is 0. The number of para-hydroxylation sites is 1. The molecule has 0 bridgehead atoms. The van der Waals surface area contributed by atoms with Gasteiger partial charge in [0.05, 0.1) is 29.6 Å². The minimum atomic E-state index is -0.987. The van der Waals surface area contributed by atoms with E-state index in [0.717, 1.165) is 17.7 Å². The Morgan fingerprint density at radius 2 is 1.39 bits per heavy atom. The van der Waals surface area contributed by atoms with Crippen molar-refractivity contribution in [3.05, 3.63) is 120 Å². The molecule has 41 heavy (non-hydrogen) atoms. The number of hydrogen-bond donors (Lipinski definition) is 0. The Balaban J connectivity index is 1.29. The standard InChI is InChI=1S/C33H28N2O6/c1-2-21-39-26-19-15-24(16-20-26)34-31(36)28-29(35(41-30(28)32(34)37)25-11-7-4-8-12-25)22-13-17-27(18-14-22)40-33(38)23-9-5-3-6-10-23/h3-20,28-30H,2,21H2,1H3/t28-,29-,30+/m1/s1. The summed E-state index contributed by atoms with van der Waals surface area (Å²) in [7, 11) is 0. The van der Waals surface area contributed by atoms with E-state index in [4.69, 9.17) is 14.3 Å². The van der Waals surface area contributed by atoms with Crippen LogP contribution in [0.2, 0.25) is 0 Å². The highest BCUT2D eigenvalue weighted by atomic mass is 16.7. The number of hydrogen-bond acceptors (Lipinski definition) is 7. The Hall–Kier alpha value is -4.95. The lowest BCUT2D eigenvalue weighted by Crippen LogP contribution is -2.37. The average Bonchev–Trinajstić information content (AvgIpc) is 3.53. The molecule has 0 unspecified atom stereocenters. The fourth-order valence-electron chi connectivity index (χ4n) is 5.19. The Morgan fingerprint density at radius 1 is 0.756 bits per heavy atom. The minimum absolute atomic E-state index is 0.342. The smallest absolute Gasteiger partial charge is 0.343 e. The lowest BCUT2D eigenvalue weighted by atomic mass is 9.90. The maximum Gasteiger partial charge on any atom is 0.343 e. The molecule has 2 aliphatic heterocycles. The predicted octanol–water partition coefficient (Wildman–Crippen LogP) is 5.75. The summed E-state index contributed by atoms with van der Waals surface area (Å²) in [5.74, 6) is -0.968. The van der Waals surface area contributed by atoms with Gasteiger partial charge in [0, 0.05) is 0 Å². The quantitative estimate of drug-likeness (QED) is 0.158. The molecule has 4 aromatic rings. The SMILES string of the molecule is CCCOc1ccc(N2C(=O)[C@H]3[C@H](ON(c4ccccc4)[C@@H]3c3ccc(OC(=O)c4ccccc4)cc3)C2=O)cc1. The van der Waals surface area contributed by atoms with Gasteiger partial charge in [0.1, 0.15) is 17.4 Å². The van der Waals surface area contributed by atoms with E-state index in [1.165, 1.54) is 4.90 Å². The summed E-state index contributed by atoms with van der Waals surface area (Å²) in [4.78, 5) is 47.4. The van der Waals surface area contributed by atoms with Crippen LogP contribution in [-0.2, 0) is 14.4 Å². The van der Waals surface area contributed by atoms with Crippen LogP contribution < -0.4 is 19.4 Å². The minimum Gasteiger partial charge on any atom is -0.494 e. The van der Waals surface area contributed by atoms with Crippen LogP contribution in [0.25, 0.3) is 0 Å². The first kappa shape index (κ1) is 26.3. The Labute approximate surface area is 237 Å². The van der Waals surface area contributed by atoms with Gasteiger partial charge in [-0.2, -0.15) is 0 Å². The third-order valence-corrected chi connectivity index (χ3v) is 7.14. The molecule has 6 rings (SSSR count). The number of nitrogens with zero attached hydrogens (tertiary/aromatic N) is 2. The fraction of sp³-hybridized carbons (Fsp3) is 0.182. The molecule has 2 saturated heterocycles. The number of amides is 2. The molecule has 4 aromatic carbocycles. The lowest BCUT2D eigenvalue weighted by molar-refractivity contribution is -0.126. The Kier molecular flexibility index (Phi) is 7.22. The van der Waals surface area contributed by atoms with Crippen molar-refractivity contribution in [2.45, 2.75) is 25.5 Å². The summed E-state index contributed by atoms with van der Waals surface area (Å²) in [5.41, 5.74) is 2.37. The number of esters is 1. The summed E-state index contributed by atoms with van der Waals surface area (Å²) in [6.45, 7) is 2.61. The molecule has 2 heterocycles. The van der Waals surface area contributed by atoms with Crippen LogP contribution in [0.5, 0.6) is 11.5 Å². The zero-order chi connectivity index (χ0) is 28.3. The number of anilines is 2. The first-order valence-corrected chi connectivity index (χ1v) is 13.5. The van der Waals surface area contributed by atoms with Gasteiger partial charge in [-0.15, -0.1) is 0 Å². The molecule has 2 fully saturated rings. The third-order valence-electron chi connectivity index (χ3n) is 7.14. The fourth-order valence-corrected chi connectivity index (χ4v) is 5.19. The molecule has 0 aromatic heterocycles. The van der Waals surface area contributed by atoms with Crippen LogP contribution in [0, 0.1) is 5.92 Å². The number of fused-ring (bicyclic) bond motifs is 1. The van der Waals surface area contributed by atoms with Gasteiger partial charge in [0.15, 0.2) is 6.10 Å². The number of rotatable bonds is 8. The number of hydroxylamine groups is 1. The van der Waals surface area contributed by atoms with Crippen molar-refractivity contribution in [2.75, 3.05) is 16.6 Å². The van der Waals surface area contributed by atoms with E-state index in [0.29, 0.717) is 29.4 Å². The summed E-state index contributed by atoms with van der Waals surface area (Å²) in [5, 5.41) is 1.63. The van der Waals surface area contributed by atoms with Gasteiger partial charge in [-0.1, -0.05) is 55.5 Å². The molecule has 0 spiro atoms. The van der Waals surface area contributed by atoms with E-state index in [9.17, 15) is 14.4 Å². The van der Waals surface area contributed by atoms with Crippen LogP contribution in [0.1, 0.15) is 35.3 Å². The summed E-state index contributed by atoms with van der Waals surface area (Å²) in [6.07, 6.45) is -0.110. The van der Waals surface area contributed by atoms with Gasteiger partial charge in [0.25, 0.3) is 5.91 Å². The molecular weight excluding hydrogens is 520 g/mol. The monoisotopic (exact) mass is 548 g/mol. The van der Waals surface area contributed by atoms with E-state index in [1.54, 1.807) is 77.9 Å². The summed E-state index contributed by atoms with van der Waals surface area (Å²) < 4.78 is 11.2. The molecular formula is C33H28N2O6. The van der Waals surface area contributed by atoms with Crippen LogP contribution in [0.15, 0.2) is 109 Å². The molecule has 8 nitrogen and oxygen atoms in total. The van der Waals surface area contributed by atoms with Gasteiger partial charge in [-0.3, -0.25) is 14.4 Å². The molecule has 2 amide bonds. The zero-order valence-electron chi connectivity index (χ0n) is 22.4.